The fraction of sp³-hybridized carbons (Fsp3) is 0. The molecule has 0 fully saturated rings. The minimum Gasteiger partial charge on any atom is -0.338 e. The number of rotatable bonds is 4. The molecule has 6 nitrogen and oxygen atoms in total. The Kier molecular flexibility index (Phi) is 3.69. The van der Waals surface area contributed by atoms with Gasteiger partial charge in [0.25, 0.3) is 5.95 Å². The van der Waals surface area contributed by atoms with Crippen LogP contribution >= 0.6 is 0 Å². The zero-order valence-electron chi connectivity index (χ0n) is 12.7. The van der Waals surface area contributed by atoms with E-state index in [0.717, 1.165) is 22.0 Å². The van der Waals surface area contributed by atoms with Crippen molar-refractivity contribution in [3.8, 4) is 0 Å². The number of hydrazone groups is 1. The molecule has 2 N–H and O–H groups in total. The van der Waals surface area contributed by atoms with Crippen molar-refractivity contribution in [2.75, 3.05) is 5.43 Å². The molecule has 0 amide bonds. The molecule has 2 heterocycles. The van der Waals surface area contributed by atoms with Gasteiger partial charge in [0.2, 0.25) is 0 Å². The topological polar surface area (TPSA) is 78.8 Å². The molecule has 0 saturated carbocycles. The fourth-order valence-electron chi connectivity index (χ4n) is 2.42. The van der Waals surface area contributed by atoms with Crippen LogP contribution in [-0.2, 0) is 0 Å². The maximum atomic E-state index is 4.39. The third-order valence-corrected chi connectivity index (χ3v) is 3.54. The van der Waals surface area contributed by atoms with E-state index in [-0.39, 0.29) is 0 Å². The van der Waals surface area contributed by atoms with Gasteiger partial charge in [0.15, 0.2) is 5.65 Å². The van der Waals surface area contributed by atoms with Crippen molar-refractivity contribution in [3.05, 3.63) is 66.2 Å². The molecule has 2 aromatic heterocycles. The van der Waals surface area contributed by atoms with Gasteiger partial charge in [0.05, 0.1) is 0 Å². The molecule has 0 aliphatic rings. The molecular weight excluding hydrogens is 300 g/mol. The summed E-state index contributed by atoms with van der Waals surface area (Å²) in [7, 11) is 0. The number of aromatic amines is 1. The highest BCUT2D eigenvalue weighted by Crippen LogP contribution is 2.21. The van der Waals surface area contributed by atoms with Gasteiger partial charge < -0.3 is 4.98 Å². The van der Waals surface area contributed by atoms with Crippen molar-refractivity contribution < 1.29 is 0 Å². The van der Waals surface area contributed by atoms with Gasteiger partial charge in [-0.3, -0.25) is 0 Å². The SMILES string of the molecule is C(=Cc1ccccc1)C=NNc1nnc2c(n1)[nH]c1ccccc12. The fourth-order valence-corrected chi connectivity index (χ4v) is 2.42. The van der Waals surface area contributed by atoms with Crippen LogP contribution in [0.3, 0.4) is 0 Å². The lowest BCUT2D eigenvalue weighted by Gasteiger charge is -1.96. The van der Waals surface area contributed by atoms with Crippen LogP contribution in [0.4, 0.5) is 5.95 Å². The normalized spacial score (nSPS) is 11.8. The predicted molar refractivity (Wildman–Crippen MR) is 96.8 cm³/mol. The van der Waals surface area contributed by atoms with E-state index in [0.29, 0.717) is 11.6 Å². The quantitative estimate of drug-likeness (QED) is 0.445. The molecule has 116 valence electrons. The molecule has 0 spiro atoms. The molecule has 24 heavy (non-hydrogen) atoms. The van der Waals surface area contributed by atoms with E-state index in [1.165, 1.54) is 0 Å². The van der Waals surface area contributed by atoms with Crippen LogP contribution in [0.1, 0.15) is 5.56 Å². The second-order valence-corrected chi connectivity index (χ2v) is 5.16. The molecule has 0 aliphatic heterocycles. The summed E-state index contributed by atoms with van der Waals surface area (Å²) in [5.74, 6) is 0.346. The van der Waals surface area contributed by atoms with Crippen molar-refractivity contribution in [3.63, 3.8) is 0 Å². The van der Waals surface area contributed by atoms with Crippen LogP contribution in [0, 0.1) is 0 Å². The lowest BCUT2D eigenvalue weighted by molar-refractivity contribution is 1.01. The van der Waals surface area contributed by atoms with Crippen LogP contribution in [0.5, 0.6) is 0 Å². The smallest absolute Gasteiger partial charge is 0.265 e. The maximum Gasteiger partial charge on any atom is 0.265 e. The summed E-state index contributed by atoms with van der Waals surface area (Å²) in [5, 5.41) is 13.4. The number of aromatic nitrogens is 4. The molecule has 6 heteroatoms. The summed E-state index contributed by atoms with van der Waals surface area (Å²) in [6, 6.07) is 17.9. The van der Waals surface area contributed by atoms with Crippen molar-refractivity contribution in [2.24, 2.45) is 5.10 Å². The summed E-state index contributed by atoms with van der Waals surface area (Å²) in [6.45, 7) is 0. The highest BCUT2D eigenvalue weighted by atomic mass is 15.4. The van der Waals surface area contributed by atoms with E-state index in [4.69, 9.17) is 0 Å². The second kappa shape index (κ2) is 6.29. The van der Waals surface area contributed by atoms with Crippen molar-refractivity contribution >= 4 is 40.3 Å². The summed E-state index contributed by atoms with van der Waals surface area (Å²) in [5.41, 5.74) is 6.32. The van der Waals surface area contributed by atoms with Crippen LogP contribution < -0.4 is 5.43 Å². The first-order valence-electron chi connectivity index (χ1n) is 7.52. The van der Waals surface area contributed by atoms with Gasteiger partial charge in [-0.05, 0) is 17.7 Å². The van der Waals surface area contributed by atoms with Gasteiger partial charge in [-0.15, -0.1) is 10.2 Å². The van der Waals surface area contributed by atoms with Gasteiger partial charge in [-0.25, -0.2) is 5.43 Å². The second-order valence-electron chi connectivity index (χ2n) is 5.16. The highest BCUT2D eigenvalue weighted by Gasteiger charge is 2.07. The van der Waals surface area contributed by atoms with Crippen LogP contribution in [0.2, 0.25) is 0 Å². The van der Waals surface area contributed by atoms with E-state index in [1.807, 2.05) is 66.7 Å². The summed E-state index contributed by atoms with van der Waals surface area (Å²) in [6.07, 6.45) is 5.45. The maximum absolute atomic E-state index is 4.39. The first-order valence-corrected chi connectivity index (χ1v) is 7.52. The molecule has 0 unspecified atom stereocenters. The minimum atomic E-state index is 0.346. The van der Waals surface area contributed by atoms with Gasteiger partial charge in [-0.2, -0.15) is 10.1 Å². The molecule has 0 atom stereocenters. The minimum absolute atomic E-state index is 0.346. The third kappa shape index (κ3) is 2.85. The highest BCUT2D eigenvalue weighted by molar-refractivity contribution is 6.03. The monoisotopic (exact) mass is 314 g/mol. The van der Waals surface area contributed by atoms with Gasteiger partial charge >= 0.3 is 0 Å². The first kappa shape index (κ1) is 14.1. The molecule has 0 saturated heterocycles. The number of nitrogens with one attached hydrogen (secondary N) is 2. The molecule has 4 aromatic rings. The first-order chi connectivity index (χ1) is 11.9. The Balaban J connectivity index is 1.49. The van der Waals surface area contributed by atoms with Crippen LogP contribution in [0.25, 0.3) is 28.1 Å². The number of anilines is 1. The number of nitrogens with zero attached hydrogens (tertiary/aromatic N) is 4. The Morgan fingerprint density at radius 3 is 2.71 bits per heavy atom. The van der Waals surface area contributed by atoms with Crippen LogP contribution in [0.15, 0.2) is 65.8 Å². The summed E-state index contributed by atoms with van der Waals surface area (Å²) >= 11 is 0. The lowest BCUT2D eigenvalue weighted by atomic mass is 10.2. The largest absolute Gasteiger partial charge is 0.338 e. The molecular formula is C18H14N6. The predicted octanol–water partition coefficient (Wildman–Crippen LogP) is 3.62. The Labute approximate surface area is 138 Å². The number of benzene rings is 2. The summed E-state index contributed by atoms with van der Waals surface area (Å²) < 4.78 is 0. The average molecular weight is 314 g/mol. The van der Waals surface area contributed by atoms with Crippen molar-refractivity contribution in [1.82, 2.24) is 20.2 Å². The number of hydrogen-bond acceptors (Lipinski definition) is 5. The van der Waals surface area contributed by atoms with Gasteiger partial charge in [0.1, 0.15) is 5.52 Å². The molecule has 0 radical (unpaired) electrons. The number of H-pyrrole nitrogens is 1. The lowest BCUT2D eigenvalue weighted by Crippen LogP contribution is -1.98. The third-order valence-electron chi connectivity index (χ3n) is 3.54. The Morgan fingerprint density at radius 1 is 0.958 bits per heavy atom. The standard InChI is InChI=1S/C18H14N6/c1-2-7-13(8-3-1)9-6-12-19-23-18-21-17-16(22-24-18)14-10-4-5-11-15(14)20-17/h1-12H,(H2,20,21,23,24). The van der Waals surface area contributed by atoms with Crippen molar-refractivity contribution in [1.29, 1.82) is 0 Å². The van der Waals surface area contributed by atoms with E-state index in [1.54, 1.807) is 6.21 Å². The van der Waals surface area contributed by atoms with E-state index in [2.05, 4.69) is 30.7 Å². The number of allylic oxidation sites excluding steroid dienone is 1. The van der Waals surface area contributed by atoms with E-state index in [9.17, 15) is 0 Å². The van der Waals surface area contributed by atoms with E-state index < -0.39 is 0 Å². The van der Waals surface area contributed by atoms with Crippen LogP contribution in [-0.4, -0.2) is 26.4 Å². The molecule has 4 rings (SSSR count). The molecule has 0 bridgehead atoms. The molecule has 0 aliphatic carbocycles. The van der Waals surface area contributed by atoms with Gasteiger partial charge in [-0.1, -0.05) is 54.6 Å². The number of hydrogen-bond donors (Lipinski definition) is 2. The Hall–Kier alpha value is -3.54. The summed E-state index contributed by atoms with van der Waals surface area (Å²) in [4.78, 5) is 7.61. The number of para-hydroxylation sites is 1. The van der Waals surface area contributed by atoms with E-state index >= 15 is 0 Å². The van der Waals surface area contributed by atoms with Crippen molar-refractivity contribution in [2.45, 2.75) is 0 Å². The Morgan fingerprint density at radius 2 is 1.79 bits per heavy atom. The number of fused-ring (bicyclic) bond motifs is 3. The zero-order chi connectivity index (χ0) is 16.2. The Bertz CT molecular complexity index is 1030. The molecule has 2 aromatic carbocycles. The average Bonchev–Trinajstić information content (AvgIpc) is 3.00. The zero-order valence-corrected chi connectivity index (χ0v) is 12.7. The van der Waals surface area contributed by atoms with Gasteiger partial charge in [0, 0.05) is 17.1 Å².